The van der Waals surface area contributed by atoms with E-state index in [4.69, 9.17) is 5.73 Å². The van der Waals surface area contributed by atoms with Crippen LogP contribution in [0.25, 0.3) is 0 Å². The number of para-hydroxylation sites is 2. The minimum Gasteiger partial charge on any atom is -0.397 e. The number of hydrogen-bond acceptors (Lipinski definition) is 2. The highest BCUT2D eigenvalue weighted by atomic mass is 15.1. The van der Waals surface area contributed by atoms with Crippen LogP contribution in [-0.2, 0) is 0 Å². The van der Waals surface area contributed by atoms with Gasteiger partial charge in [-0.05, 0) is 31.4 Å². The number of rotatable bonds is 1. The van der Waals surface area contributed by atoms with Crippen molar-refractivity contribution in [2.75, 3.05) is 23.7 Å². The van der Waals surface area contributed by atoms with Crippen LogP contribution in [-0.4, -0.2) is 13.1 Å². The normalized spacial score (nSPS) is 18.3. The molecule has 0 amide bonds. The monoisotopic (exact) mass is 203 g/mol. The number of nitrogens with zero attached hydrogens (tertiary/aromatic N) is 1. The molecule has 1 fully saturated rings. The highest BCUT2D eigenvalue weighted by Crippen LogP contribution is 2.24. The summed E-state index contributed by atoms with van der Waals surface area (Å²) in [5.74, 6) is 0. The van der Waals surface area contributed by atoms with Gasteiger partial charge in [-0.1, -0.05) is 25.0 Å². The Kier molecular flexibility index (Phi) is 3.49. The standard InChI is InChI=1S/C13H19N2/c14-12-8-4-5-9-13(12)15-10-6-2-1-3-7-11-15/h4-6,8-9H,1-3,7,10-11,14H2. The zero-order chi connectivity index (χ0) is 10.5. The molecule has 1 aromatic carbocycles. The summed E-state index contributed by atoms with van der Waals surface area (Å²) in [5, 5.41) is 0. The maximum absolute atomic E-state index is 5.99. The molecule has 2 heteroatoms. The van der Waals surface area contributed by atoms with Crippen LogP contribution >= 0.6 is 0 Å². The smallest absolute Gasteiger partial charge is 0.0600 e. The maximum Gasteiger partial charge on any atom is 0.0600 e. The Morgan fingerprint density at radius 2 is 1.93 bits per heavy atom. The molecule has 1 saturated heterocycles. The van der Waals surface area contributed by atoms with E-state index in [0.29, 0.717) is 0 Å². The molecule has 0 aromatic heterocycles. The van der Waals surface area contributed by atoms with Crippen molar-refractivity contribution in [2.24, 2.45) is 0 Å². The van der Waals surface area contributed by atoms with E-state index in [-0.39, 0.29) is 0 Å². The lowest BCUT2D eigenvalue weighted by Crippen LogP contribution is -2.27. The lowest BCUT2D eigenvalue weighted by atomic mass is 10.1. The van der Waals surface area contributed by atoms with Crippen LogP contribution in [0.2, 0.25) is 0 Å². The van der Waals surface area contributed by atoms with Crippen molar-refractivity contribution in [3.63, 3.8) is 0 Å². The van der Waals surface area contributed by atoms with E-state index in [2.05, 4.69) is 23.5 Å². The van der Waals surface area contributed by atoms with Gasteiger partial charge in [-0.15, -0.1) is 0 Å². The van der Waals surface area contributed by atoms with Crippen LogP contribution in [0.1, 0.15) is 25.7 Å². The molecule has 81 valence electrons. The Labute approximate surface area is 92.1 Å². The Bertz CT molecular complexity index is 301. The van der Waals surface area contributed by atoms with Crippen LogP contribution < -0.4 is 10.6 Å². The van der Waals surface area contributed by atoms with Crippen LogP contribution in [0.5, 0.6) is 0 Å². The fraction of sp³-hybridized carbons (Fsp3) is 0.462. The van der Waals surface area contributed by atoms with Gasteiger partial charge in [0.2, 0.25) is 0 Å². The molecule has 2 rings (SSSR count). The molecule has 2 nitrogen and oxygen atoms in total. The minimum atomic E-state index is 0.895. The summed E-state index contributed by atoms with van der Waals surface area (Å²) in [6.45, 7) is 2.17. The molecule has 0 bridgehead atoms. The van der Waals surface area contributed by atoms with Gasteiger partial charge in [-0.3, -0.25) is 0 Å². The van der Waals surface area contributed by atoms with E-state index in [1.165, 1.54) is 31.4 Å². The van der Waals surface area contributed by atoms with Gasteiger partial charge in [0.1, 0.15) is 0 Å². The molecule has 2 N–H and O–H groups in total. The Balaban J connectivity index is 2.10. The molecule has 1 aromatic rings. The van der Waals surface area contributed by atoms with Gasteiger partial charge in [-0.25, -0.2) is 0 Å². The maximum atomic E-state index is 5.99. The first-order valence-corrected chi connectivity index (χ1v) is 5.79. The zero-order valence-electron chi connectivity index (χ0n) is 9.15. The Morgan fingerprint density at radius 1 is 1.07 bits per heavy atom. The highest BCUT2D eigenvalue weighted by molar-refractivity contribution is 5.67. The molecule has 1 radical (unpaired) electrons. The summed E-state index contributed by atoms with van der Waals surface area (Å²) in [6.07, 6.45) is 7.56. The van der Waals surface area contributed by atoms with E-state index < -0.39 is 0 Å². The quantitative estimate of drug-likeness (QED) is 0.711. The SMILES string of the molecule is Nc1ccccc1N1C[CH]CCCCC1. The van der Waals surface area contributed by atoms with Crippen molar-refractivity contribution >= 4 is 11.4 Å². The molecule has 15 heavy (non-hydrogen) atoms. The van der Waals surface area contributed by atoms with Crippen LogP contribution in [0.3, 0.4) is 0 Å². The lowest BCUT2D eigenvalue weighted by Gasteiger charge is -2.27. The van der Waals surface area contributed by atoms with Crippen molar-refractivity contribution in [1.29, 1.82) is 0 Å². The molecule has 1 aliphatic heterocycles. The van der Waals surface area contributed by atoms with E-state index in [1.54, 1.807) is 0 Å². The van der Waals surface area contributed by atoms with E-state index in [0.717, 1.165) is 18.8 Å². The minimum absolute atomic E-state index is 0.895. The van der Waals surface area contributed by atoms with Crippen LogP contribution in [0, 0.1) is 6.42 Å². The van der Waals surface area contributed by atoms with Crippen molar-refractivity contribution in [3.05, 3.63) is 30.7 Å². The van der Waals surface area contributed by atoms with Crippen LogP contribution in [0.15, 0.2) is 24.3 Å². The third kappa shape index (κ3) is 2.65. The second kappa shape index (κ2) is 5.06. The molecule has 0 saturated carbocycles. The fourth-order valence-corrected chi connectivity index (χ4v) is 2.10. The van der Waals surface area contributed by atoms with E-state index in [1.807, 2.05) is 12.1 Å². The largest absolute Gasteiger partial charge is 0.397 e. The summed E-state index contributed by atoms with van der Waals surface area (Å²) in [5.41, 5.74) is 8.07. The van der Waals surface area contributed by atoms with Gasteiger partial charge in [0.15, 0.2) is 0 Å². The highest BCUT2D eigenvalue weighted by Gasteiger charge is 2.10. The predicted octanol–water partition coefficient (Wildman–Crippen LogP) is 2.85. The average Bonchev–Trinajstić information content (AvgIpc) is 2.19. The first-order valence-electron chi connectivity index (χ1n) is 5.79. The van der Waals surface area contributed by atoms with Gasteiger partial charge in [-0.2, -0.15) is 0 Å². The number of benzene rings is 1. The first-order chi connectivity index (χ1) is 7.38. The topological polar surface area (TPSA) is 29.3 Å². The third-order valence-electron chi connectivity index (χ3n) is 2.96. The molecule has 0 aliphatic carbocycles. The molecular formula is C13H19N2. The van der Waals surface area contributed by atoms with Crippen molar-refractivity contribution in [1.82, 2.24) is 0 Å². The van der Waals surface area contributed by atoms with Gasteiger partial charge < -0.3 is 10.6 Å². The van der Waals surface area contributed by atoms with Gasteiger partial charge in [0, 0.05) is 13.1 Å². The second-order valence-electron chi connectivity index (χ2n) is 4.14. The summed E-state index contributed by atoms with van der Waals surface area (Å²) < 4.78 is 0. The van der Waals surface area contributed by atoms with E-state index in [9.17, 15) is 0 Å². The van der Waals surface area contributed by atoms with Crippen molar-refractivity contribution in [2.45, 2.75) is 25.7 Å². The number of nitrogens with two attached hydrogens (primary N) is 1. The molecule has 0 unspecified atom stereocenters. The van der Waals surface area contributed by atoms with Gasteiger partial charge in [0.25, 0.3) is 0 Å². The van der Waals surface area contributed by atoms with E-state index >= 15 is 0 Å². The first kappa shape index (κ1) is 10.3. The zero-order valence-corrected chi connectivity index (χ0v) is 9.15. The summed E-state index contributed by atoms with van der Waals surface area (Å²) in [7, 11) is 0. The predicted molar refractivity (Wildman–Crippen MR) is 65.8 cm³/mol. The Hall–Kier alpha value is -1.18. The van der Waals surface area contributed by atoms with Gasteiger partial charge >= 0.3 is 0 Å². The van der Waals surface area contributed by atoms with Crippen molar-refractivity contribution < 1.29 is 0 Å². The molecule has 0 atom stereocenters. The number of hydrogen-bond donors (Lipinski definition) is 1. The number of anilines is 2. The van der Waals surface area contributed by atoms with Gasteiger partial charge in [0.05, 0.1) is 11.4 Å². The third-order valence-corrected chi connectivity index (χ3v) is 2.96. The lowest BCUT2D eigenvalue weighted by molar-refractivity contribution is 0.617. The Morgan fingerprint density at radius 3 is 2.80 bits per heavy atom. The average molecular weight is 203 g/mol. The van der Waals surface area contributed by atoms with Crippen LogP contribution in [0.4, 0.5) is 11.4 Å². The molecule has 1 heterocycles. The molecular weight excluding hydrogens is 184 g/mol. The summed E-state index contributed by atoms with van der Waals surface area (Å²) >= 11 is 0. The molecule has 1 aliphatic rings. The molecule has 0 spiro atoms. The fourth-order valence-electron chi connectivity index (χ4n) is 2.10. The summed E-state index contributed by atoms with van der Waals surface area (Å²) in [4.78, 5) is 2.38. The second-order valence-corrected chi connectivity index (χ2v) is 4.14. The van der Waals surface area contributed by atoms with Crippen molar-refractivity contribution in [3.8, 4) is 0 Å². The number of nitrogen functional groups attached to an aromatic ring is 1. The summed E-state index contributed by atoms with van der Waals surface area (Å²) in [6, 6.07) is 8.15.